The zero-order valence-electron chi connectivity index (χ0n) is 12.1. The van der Waals surface area contributed by atoms with Gasteiger partial charge in [-0.3, -0.25) is 0 Å². The number of aromatic nitrogens is 1. The van der Waals surface area contributed by atoms with Crippen molar-refractivity contribution in [2.75, 3.05) is 0 Å². The Balaban J connectivity index is 0.00000149. The number of urea groups is 2. The number of nitrogens with zero attached hydrogens (tertiary/aromatic N) is 3. The number of rotatable bonds is 4. The van der Waals surface area contributed by atoms with Crippen molar-refractivity contribution in [1.29, 1.82) is 0 Å². The molecular weight excluding hydrogens is 397 g/mol. The number of hydrogen-bond acceptors (Lipinski definition) is 5. The van der Waals surface area contributed by atoms with Gasteiger partial charge in [0.1, 0.15) is 0 Å². The van der Waals surface area contributed by atoms with Crippen molar-refractivity contribution in [3.05, 3.63) is 29.6 Å². The number of hydrogen-bond donors (Lipinski definition) is 4. The summed E-state index contributed by atoms with van der Waals surface area (Å²) in [6.07, 6.45) is 0. The van der Waals surface area contributed by atoms with Crippen molar-refractivity contribution >= 4 is 43.7 Å². The van der Waals surface area contributed by atoms with Gasteiger partial charge < -0.3 is 11.5 Å². The third-order valence-electron chi connectivity index (χ3n) is 2.16. The number of pyridine rings is 1. The summed E-state index contributed by atoms with van der Waals surface area (Å²) in [6, 6.07) is 3.64. The van der Waals surface area contributed by atoms with Crippen LogP contribution in [0.15, 0.2) is 28.4 Å². The van der Waals surface area contributed by atoms with Gasteiger partial charge in [0, 0.05) is 0 Å². The Morgan fingerprint density at radius 1 is 1.04 bits per heavy atom. The summed E-state index contributed by atoms with van der Waals surface area (Å²) < 4.78 is 0. The number of carbonyl (C=O) groups is 2. The van der Waals surface area contributed by atoms with Crippen LogP contribution in [0.5, 0.6) is 0 Å². The van der Waals surface area contributed by atoms with Crippen LogP contribution in [0.2, 0.25) is 0 Å². The summed E-state index contributed by atoms with van der Waals surface area (Å²) in [5.41, 5.74) is 16.1. The molecule has 131 valence electrons. The van der Waals surface area contributed by atoms with E-state index in [1.54, 1.807) is 32.0 Å². The van der Waals surface area contributed by atoms with Crippen molar-refractivity contribution in [3.63, 3.8) is 0 Å². The third kappa shape index (κ3) is 9.69. The van der Waals surface area contributed by atoms with Crippen molar-refractivity contribution in [2.24, 2.45) is 21.7 Å². The first-order valence-corrected chi connectivity index (χ1v) is 8.39. The molecule has 0 saturated heterocycles. The molecule has 1 aromatic rings. The van der Waals surface area contributed by atoms with E-state index in [2.05, 4.69) is 46.2 Å². The van der Waals surface area contributed by atoms with E-state index in [-0.39, 0.29) is 0 Å². The van der Waals surface area contributed by atoms with Gasteiger partial charge in [-0.15, -0.1) is 0 Å². The fourth-order valence-corrected chi connectivity index (χ4v) is 1.23. The number of amides is 4. The topological polar surface area (TPSA) is 148 Å². The van der Waals surface area contributed by atoms with Gasteiger partial charge in [-0.25, -0.2) is 25.4 Å². The Kier molecular flexibility index (Phi) is 10.7. The molecule has 0 saturated carbocycles. The van der Waals surface area contributed by atoms with Crippen molar-refractivity contribution in [3.8, 4) is 0 Å². The van der Waals surface area contributed by atoms with Gasteiger partial charge >= 0.3 is 45.4 Å². The van der Waals surface area contributed by atoms with E-state index in [1.807, 2.05) is 0 Å². The predicted molar refractivity (Wildman–Crippen MR) is 85.8 cm³/mol. The second kappa shape index (κ2) is 11.7. The predicted octanol–water partition coefficient (Wildman–Crippen LogP) is 1.24. The first-order valence-electron chi connectivity index (χ1n) is 5.80. The number of halogens is 2. The molecule has 0 atom stereocenters. The quantitative estimate of drug-likeness (QED) is 0.335. The van der Waals surface area contributed by atoms with Crippen LogP contribution in [0.1, 0.15) is 25.2 Å². The fourth-order valence-electron chi connectivity index (χ4n) is 1.23. The van der Waals surface area contributed by atoms with Crippen molar-refractivity contribution < 1.29 is 22.7 Å². The van der Waals surface area contributed by atoms with Crippen LogP contribution in [-0.4, -0.2) is 28.5 Å². The molecule has 0 bridgehead atoms. The zero-order valence-corrected chi connectivity index (χ0v) is 14.6. The second-order valence-corrected chi connectivity index (χ2v) is 5.35. The first kappa shape index (κ1) is 21.1. The average Bonchev–Trinajstić information content (AvgIpc) is 2.51. The Hall–Kier alpha value is -1.87. The minimum atomic E-state index is -0.760. The molecule has 0 spiro atoms. The van der Waals surface area contributed by atoms with Crippen molar-refractivity contribution in [1.82, 2.24) is 15.8 Å². The van der Waals surface area contributed by atoms with Gasteiger partial charge in [-0.1, -0.05) is 6.07 Å². The molecule has 1 aromatic heterocycles. The Labute approximate surface area is 147 Å². The van der Waals surface area contributed by atoms with E-state index in [1.165, 1.54) is 0 Å². The Morgan fingerprint density at radius 2 is 1.39 bits per heavy atom. The second-order valence-electron chi connectivity index (χ2n) is 3.80. The van der Waals surface area contributed by atoms with Crippen LogP contribution in [-0.2, 0) is 13.1 Å². The molecule has 12 heteroatoms. The molecule has 1 heterocycles. The molecule has 9 nitrogen and oxygen atoms in total. The molecule has 0 radical (unpaired) electrons. The molecule has 6 N–H and O–H groups in total. The zero-order chi connectivity index (χ0) is 17.8. The summed E-state index contributed by atoms with van der Waals surface area (Å²) in [5, 5.41) is 7.54. The van der Waals surface area contributed by atoms with E-state index in [0.29, 0.717) is 22.8 Å². The summed E-state index contributed by atoms with van der Waals surface area (Å²) in [5.74, 6) is 0. The van der Waals surface area contributed by atoms with Gasteiger partial charge in [-0.05, 0) is 26.0 Å². The van der Waals surface area contributed by atoms with Crippen LogP contribution in [0.25, 0.3) is 0 Å². The molecule has 23 heavy (non-hydrogen) atoms. The standard InChI is InChI=1S/C11H15N7O2.2ClH.Cu/c1-6(15-17-10(12)19)8-4-3-5-9(14-8)7(2)16-18-11(13)20;;;/h3-5H,1-2H3,(H3,12,17,19)(H3,13,18,20);2*1H;/q;;;+2/p-2. The molecule has 0 aliphatic rings. The third-order valence-corrected chi connectivity index (χ3v) is 2.16. The van der Waals surface area contributed by atoms with E-state index >= 15 is 0 Å². The molecule has 0 fully saturated rings. The van der Waals surface area contributed by atoms with Gasteiger partial charge in [0.25, 0.3) is 0 Å². The molecule has 0 aliphatic heterocycles. The van der Waals surface area contributed by atoms with Crippen molar-refractivity contribution in [2.45, 2.75) is 13.8 Å². The SMILES string of the molecule is CC(=NNC(N)=O)c1cccc(C(C)=NNC(N)=O)n1.[Cl][Cu][Cl]. The molecule has 0 unspecified atom stereocenters. The van der Waals surface area contributed by atoms with E-state index in [4.69, 9.17) is 11.5 Å². The number of nitrogens with two attached hydrogens (primary N) is 2. The number of hydrazone groups is 2. The van der Waals surface area contributed by atoms with Gasteiger partial charge in [-0.2, -0.15) is 10.2 Å². The summed E-state index contributed by atoms with van der Waals surface area (Å²) in [6.45, 7) is 3.33. The van der Waals surface area contributed by atoms with Gasteiger partial charge in [0.2, 0.25) is 0 Å². The molecular formula is C11H15Cl2CuN7O2. The normalized spacial score (nSPS) is 11.3. The number of nitrogens with one attached hydrogen (secondary N) is 2. The Morgan fingerprint density at radius 3 is 1.70 bits per heavy atom. The van der Waals surface area contributed by atoms with Crippen LogP contribution in [0, 0.1) is 0 Å². The van der Waals surface area contributed by atoms with E-state index in [0.717, 1.165) is 13.1 Å². The minimum absolute atomic E-state index is 0.473. The molecule has 0 aliphatic carbocycles. The Bertz CT molecular complexity index is 563. The van der Waals surface area contributed by atoms with Crippen LogP contribution in [0.3, 0.4) is 0 Å². The van der Waals surface area contributed by atoms with Crippen LogP contribution in [0.4, 0.5) is 9.59 Å². The molecule has 0 aromatic carbocycles. The average molecular weight is 412 g/mol. The number of carbonyl (C=O) groups excluding carboxylic acids is 2. The first-order chi connectivity index (χ1) is 10.8. The van der Waals surface area contributed by atoms with Gasteiger partial charge in [0.15, 0.2) is 0 Å². The van der Waals surface area contributed by atoms with Crippen LogP contribution < -0.4 is 22.3 Å². The van der Waals surface area contributed by atoms with E-state index in [9.17, 15) is 9.59 Å². The maximum atomic E-state index is 10.6. The molecule has 4 amide bonds. The van der Waals surface area contributed by atoms with E-state index < -0.39 is 12.1 Å². The summed E-state index contributed by atoms with van der Waals surface area (Å²) in [7, 11) is 9.34. The summed E-state index contributed by atoms with van der Waals surface area (Å²) in [4.78, 5) is 25.4. The maximum absolute atomic E-state index is 10.6. The van der Waals surface area contributed by atoms with Gasteiger partial charge in [0.05, 0.1) is 22.8 Å². The van der Waals surface area contributed by atoms with Crippen LogP contribution >= 0.6 is 20.2 Å². The summed E-state index contributed by atoms with van der Waals surface area (Å²) >= 11 is 0.757. The monoisotopic (exact) mass is 410 g/mol. The fraction of sp³-hybridized carbons (Fsp3) is 0.182. The number of primary amides is 2. The molecule has 1 rings (SSSR count).